The van der Waals surface area contributed by atoms with E-state index in [4.69, 9.17) is 16.0 Å². The first-order chi connectivity index (χ1) is 6.29. The van der Waals surface area contributed by atoms with Gasteiger partial charge in [-0.05, 0) is 25.7 Å². The summed E-state index contributed by atoms with van der Waals surface area (Å²) < 4.78 is 0. The average molecular weight is 187 g/mol. The molecule has 0 aromatic carbocycles. The maximum absolute atomic E-state index is 8.82. The first-order valence-corrected chi connectivity index (χ1v) is 4.64. The molecule has 0 aromatic rings. The van der Waals surface area contributed by atoms with Crippen molar-refractivity contribution in [3.63, 3.8) is 0 Å². The number of oxime groups is 1. The van der Waals surface area contributed by atoms with E-state index in [0.29, 0.717) is 6.42 Å². The minimum Gasteiger partial charge on any atom is -0.408 e. The number of nitrogens with zero attached hydrogens (tertiary/aromatic N) is 2. The lowest BCUT2D eigenvalue weighted by atomic mass is 10.0. The van der Waals surface area contributed by atoms with E-state index in [1.165, 1.54) is 0 Å². The van der Waals surface area contributed by atoms with Crippen molar-refractivity contribution in [2.45, 2.75) is 31.7 Å². The molecule has 0 bridgehead atoms. The Morgan fingerprint density at radius 2 is 2.31 bits per heavy atom. The molecule has 13 heavy (non-hydrogen) atoms. The zero-order chi connectivity index (χ0) is 9.68. The predicted octanol–water partition coefficient (Wildman–Crippen LogP) is -0.0728. The highest BCUT2D eigenvalue weighted by molar-refractivity contribution is 5.77. The van der Waals surface area contributed by atoms with Gasteiger partial charge < -0.3 is 20.9 Å². The number of aliphatic hydroxyl groups is 1. The SMILES string of the molecule is N/C(=N\O)N1CCCCC1CCO. The Bertz CT molecular complexity index is 182. The number of guanidine groups is 1. The van der Waals surface area contributed by atoms with Gasteiger partial charge in [-0.2, -0.15) is 0 Å². The molecule has 1 aliphatic rings. The normalized spacial score (nSPS) is 24.8. The lowest BCUT2D eigenvalue weighted by Crippen LogP contribution is -2.47. The van der Waals surface area contributed by atoms with Crippen molar-refractivity contribution < 1.29 is 10.3 Å². The molecule has 1 fully saturated rings. The molecule has 0 amide bonds. The summed E-state index contributed by atoms with van der Waals surface area (Å²) in [4.78, 5) is 1.86. The quantitative estimate of drug-likeness (QED) is 0.244. The standard InChI is InChI=1S/C8H17N3O2/c9-8(10-13)11-5-2-1-3-7(11)4-6-12/h7,12-13H,1-6H2,(H2,9,10). The number of hydrogen-bond acceptors (Lipinski definition) is 3. The van der Waals surface area contributed by atoms with Gasteiger partial charge in [-0.25, -0.2) is 0 Å². The smallest absolute Gasteiger partial charge is 0.233 e. The first kappa shape index (κ1) is 10.1. The Kier molecular flexibility index (Phi) is 3.82. The average Bonchev–Trinajstić information content (AvgIpc) is 2.18. The molecule has 5 nitrogen and oxygen atoms in total. The van der Waals surface area contributed by atoms with Crippen molar-refractivity contribution in [2.24, 2.45) is 10.9 Å². The van der Waals surface area contributed by atoms with Crippen LogP contribution in [0.2, 0.25) is 0 Å². The molecule has 1 atom stereocenters. The van der Waals surface area contributed by atoms with Crippen molar-refractivity contribution in [1.82, 2.24) is 4.90 Å². The summed E-state index contributed by atoms with van der Waals surface area (Å²) in [5.74, 6) is 0.165. The van der Waals surface area contributed by atoms with E-state index in [1.54, 1.807) is 0 Å². The molecule has 0 aromatic heterocycles. The van der Waals surface area contributed by atoms with Crippen molar-refractivity contribution in [3.8, 4) is 0 Å². The Morgan fingerprint density at radius 1 is 1.54 bits per heavy atom. The van der Waals surface area contributed by atoms with Crippen LogP contribution in [0.15, 0.2) is 5.16 Å². The van der Waals surface area contributed by atoms with Crippen LogP contribution in [0.25, 0.3) is 0 Å². The van der Waals surface area contributed by atoms with Gasteiger partial charge in [0.1, 0.15) is 0 Å². The molecule has 4 N–H and O–H groups in total. The van der Waals surface area contributed by atoms with Gasteiger partial charge in [0, 0.05) is 19.2 Å². The molecule has 1 saturated heterocycles. The van der Waals surface area contributed by atoms with E-state index >= 15 is 0 Å². The summed E-state index contributed by atoms with van der Waals surface area (Å²) in [5, 5.41) is 20.3. The highest BCUT2D eigenvalue weighted by atomic mass is 16.4. The molecule has 1 unspecified atom stereocenters. The maximum Gasteiger partial charge on any atom is 0.233 e. The zero-order valence-electron chi connectivity index (χ0n) is 7.69. The number of hydrogen-bond donors (Lipinski definition) is 3. The summed E-state index contributed by atoms with van der Waals surface area (Å²) in [5.41, 5.74) is 5.51. The van der Waals surface area contributed by atoms with Crippen molar-refractivity contribution in [2.75, 3.05) is 13.2 Å². The third-order valence-corrected chi connectivity index (χ3v) is 2.49. The van der Waals surface area contributed by atoms with Gasteiger partial charge in [0.15, 0.2) is 0 Å². The highest BCUT2D eigenvalue weighted by Crippen LogP contribution is 2.18. The number of rotatable bonds is 2. The van der Waals surface area contributed by atoms with Gasteiger partial charge in [-0.1, -0.05) is 5.16 Å². The van der Waals surface area contributed by atoms with Crippen LogP contribution in [0.1, 0.15) is 25.7 Å². The topological polar surface area (TPSA) is 82.1 Å². The Balaban J connectivity index is 2.56. The van der Waals surface area contributed by atoms with E-state index in [9.17, 15) is 0 Å². The van der Waals surface area contributed by atoms with Crippen LogP contribution in [0.4, 0.5) is 0 Å². The third-order valence-electron chi connectivity index (χ3n) is 2.49. The fourth-order valence-corrected chi connectivity index (χ4v) is 1.81. The predicted molar refractivity (Wildman–Crippen MR) is 49.5 cm³/mol. The van der Waals surface area contributed by atoms with Crippen LogP contribution in [-0.4, -0.2) is 40.4 Å². The van der Waals surface area contributed by atoms with Crippen LogP contribution >= 0.6 is 0 Å². The zero-order valence-corrected chi connectivity index (χ0v) is 7.69. The van der Waals surface area contributed by atoms with E-state index in [2.05, 4.69) is 5.16 Å². The van der Waals surface area contributed by atoms with Gasteiger partial charge in [0.25, 0.3) is 0 Å². The van der Waals surface area contributed by atoms with Crippen molar-refractivity contribution >= 4 is 5.96 Å². The van der Waals surface area contributed by atoms with E-state index < -0.39 is 0 Å². The van der Waals surface area contributed by atoms with E-state index in [-0.39, 0.29) is 18.6 Å². The van der Waals surface area contributed by atoms with Crippen LogP contribution in [0.5, 0.6) is 0 Å². The third kappa shape index (κ3) is 2.48. The highest BCUT2D eigenvalue weighted by Gasteiger charge is 2.23. The summed E-state index contributed by atoms with van der Waals surface area (Å²) in [6.45, 7) is 0.973. The van der Waals surface area contributed by atoms with Crippen LogP contribution in [0, 0.1) is 0 Å². The minimum atomic E-state index is 0.153. The fourth-order valence-electron chi connectivity index (χ4n) is 1.81. The van der Waals surface area contributed by atoms with Crippen LogP contribution in [-0.2, 0) is 0 Å². The van der Waals surface area contributed by atoms with Gasteiger partial charge in [-0.15, -0.1) is 0 Å². The molecule has 5 heteroatoms. The number of aliphatic hydroxyl groups excluding tert-OH is 1. The monoisotopic (exact) mass is 187 g/mol. The molecule has 1 heterocycles. The second kappa shape index (κ2) is 4.91. The molecule has 1 rings (SSSR count). The Hall–Kier alpha value is -0.970. The molecular weight excluding hydrogens is 170 g/mol. The number of piperidine rings is 1. The molecule has 76 valence electrons. The van der Waals surface area contributed by atoms with E-state index in [0.717, 1.165) is 25.8 Å². The Morgan fingerprint density at radius 3 is 2.92 bits per heavy atom. The first-order valence-electron chi connectivity index (χ1n) is 4.64. The molecule has 0 aliphatic carbocycles. The second-order valence-electron chi connectivity index (χ2n) is 3.31. The van der Waals surface area contributed by atoms with Gasteiger partial charge in [0.05, 0.1) is 0 Å². The molecule has 0 saturated carbocycles. The maximum atomic E-state index is 8.82. The molecule has 1 aliphatic heterocycles. The minimum absolute atomic E-state index is 0.153. The van der Waals surface area contributed by atoms with Gasteiger partial charge >= 0.3 is 0 Å². The lowest BCUT2D eigenvalue weighted by Gasteiger charge is -2.35. The fraction of sp³-hybridized carbons (Fsp3) is 0.875. The van der Waals surface area contributed by atoms with Crippen molar-refractivity contribution in [3.05, 3.63) is 0 Å². The Labute approximate surface area is 77.8 Å². The second-order valence-corrected chi connectivity index (χ2v) is 3.31. The van der Waals surface area contributed by atoms with Gasteiger partial charge in [-0.3, -0.25) is 0 Å². The van der Waals surface area contributed by atoms with Crippen LogP contribution in [0.3, 0.4) is 0 Å². The van der Waals surface area contributed by atoms with Crippen LogP contribution < -0.4 is 5.73 Å². The van der Waals surface area contributed by atoms with Crippen molar-refractivity contribution in [1.29, 1.82) is 0 Å². The molecule has 0 radical (unpaired) electrons. The molecular formula is C8H17N3O2. The number of likely N-dealkylation sites (tertiary alicyclic amines) is 1. The summed E-state index contributed by atoms with van der Waals surface area (Å²) in [7, 11) is 0. The lowest BCUT2D eigenvalue weighted by molar-refractivity contribution is 0.176. The molecule has 0 spiro atoms. The summed E-state index contributed by atoms with van der Waals surface area (Å²) in [6.07, 6.45) is 3.92. The number of nitrogens with two attached hydrogens (primary N) is 1. The summed E-state index contributed by atoms with van der Waals surface area (Å²) >= 11 is 0. The van der Waals surface area contributed by atoms with E-state index in [1.807, 2.05) is 4.90 Å². The summed E-state index contributed by atoms with van der Waals surface area (Å²) in [6, 6.07) is 0.231. The largest absolute Gasteiger partial charge is 0.408 e. The van der Waals surface area contributed by atoms with Gasteiger partial charge in [0.2, 0.25) is 5.96 Å².